The van der Waals surface area contributed by atoms with Gasteiger partial charge in [0.1, 0.15) is 11.9 Å². The molecular weight excluding hydrogens is 314 g/mol. The Hall–Kier alpha value is -1.21. The Morgan fingerprint density at radius 3 is 2.74 bits per heavy atom. The number of halogens is 1. The van der Waals surface area contributed by atoms with Crippen molar-refractivity contribution in [2.75, 3.05) is 18.1 Å². The van der Waals surface area contributed by atoms with E-state index in [2.05, 4.69) is 20.9 Å². The number of aliphatic hydroxyl groups is 1. The molecular formula is C12H16BrN3O3. The number of nitrogens with zero attached hydrogens (tertiary/aromatic N) is 3. The molecule has 0 spiro atoms. The topological polar surface area (TPSA) is 79.5 Å². The fraction of sp³-hybridized carbons (Fsp3) is 0.583. The van der Waals surface area contributed by atoms with Gasteiger partial charge >= 0.3 is 5.69 Å². The van der Waals surface area contributed by atoms with Crippen molar-refractivity contribution in [1.29, 1.82) is 0 Å². The summed E-state index contributed by atoms with van der Waals surface area (Å²) in [6, 6.07) is 0.254. The van der Waals surface area contributed by atoms with Crippen LogP contribution in [0, 0.1) is 10.1 Å². The summed E-state index contributed by atoms with van der Waals surface area (Å²) in [6.45, 7) is 0.372. The zero-order valence-corrected chi connectivity index (χ0v) is 12.0. The molecule has 2 rings (SSSR count). The minimum atomic E-state index is -0.424. The van der Waals surface area contributed by atoms with Crippen LogP contribution in [0.1, 0.15) is 25.7 Å². The van der Waals surface area contributed by atoms with E-state index >= 15 is 0 Å². The second kappa shape index (κ2) is 6.29. The summed E-state index contributed by atoms with van der Waals surface area (Å²) in [6.07, 6.45) is 7.09. The molecule has 1 N–H and O–H groups in total. The molecule has 1 aliphatic carbocycles. The predicted molar refractivity (Wildman–Crippen MR) is 75.3 cm³/mol. The van der Waals surface area contributed by atoms with Gasteiger partial charge < -0.3 is 10.0 Å². The van der Waals surface area contributed by atoms with E-state index in [0.717, 1.165) is 25.7 Å². The van der Waals surface area contributed by atoms with Crippen LogP contribution in [0.2, 0.25) is 0 Å². The van der Waals surface area contributed by atoms with E-state index in [1.54, 1.807) is 6.20 Å². The average molecular weight is 330 g/mol. The molecule has 19 heavy (non-hydrogen) atoms. The second-order valence-corrected chi connectivity index (χ2v) is 5.46. The first-order valence-electron chi connectivity index (χ1n) is 6.30. The van der Waals surface area contributed by atoms with E-state index in [1.807, 2.05) is 4.90 Å². The van der Waals surface area contributed by atoms with E-state index in [1.165, 1.54) is 6.20 Å². The number of aromatic nitrogens is 1. The molecule has 1 aromatic rings. The Kier molecular flexibility index (Phi) is 4.71. The van der Waals surface area contributed by atoms with Crippen LogP contribution in [-0.4, -0.2) is 34.2 Å². The van der Waals surface area contributed by atoms with Crippen molar-refractivity contribution >= 4 is 27.3 Å². The van der Waals surface area contributed by atoms with Crippen molar-refractivity contribution in [2.45, 2.75) is 31.7 Å². The molecule has 104 valence electrons. The molecule has 1 heterocycles. The van der Waals surface area contributed by atoms with Gasteiger partial charge in [-0.05, 0) is 28.8 Å². The lowest BCUT2D eigenvalue weighted by Gasteiger charge is -2.30. The number of hydrogen-bond acceptors (Lipinski definition) is 5. The van der Waals surface area contributed by atoms with Gasteiger partial charge in [-0.2, -0.15) is 0 Å². The molecule has 0 aliphatic heterocycles. The molecule has 1 aromatic heterocycles. The molecule has 0 atom stereocenters. The minimum Gasteiger partial charge on any atom is -0.395 e. The summed E-state index contributed by atoms with van der Waals surface area (Å²) >= 11 is 3.34. The van der Waals surface area contributed by atoms with E-state index in [0.29, 0.717) is 16.7 Å². The quantitative estimate of drug-likeness (QED) is 0.663. The first-order valence-corrected chi connectivity index (χ1v) is 7.10. The molecule has 0 aromatic carbocycles. The van der Waals surface area contributed by atoms with Crippen molar-refractivity contribution in [3.05, 3.63) is 27.0 Å². The maximum Gasteiger partial charge on any atom is 0.311 e. The highest BCUT2D eigenvalue weighted by Gasteiger charge is 2.29. The Morgan fingerprint density at radius 1 is 1.47 bits per heavy atom. The Bertz CT molecular complexity index is 464. The smallest absolute Gasteiger partial charge is 0.311 e. The summed E-state index contributed by atoms with van der Waals surface area (Å²) in [4.78, 5) is 16.5. The van der Waals surface area contributed by atoms with Gasteiger partial charge in [0, 0.05) is 18.8 Å². The van der Waals surface area contributed by atoms with Gasteiger partial charge in [-0.15, -0.1) is 0 Å². The standard InChI is InChI=1S/C12H16BrN3O3/c13-10-7-14-8-11(16(18)19)12(10)15(5-6-17)9-3-1-2-4-9/h7-9,17H,1-6H2. The lowest BCUT2D eigenvalue weighted by Crippen LogP contribution is -2.36. The number of hydrogen-bond donors (Lipinski definition) is 1. The summed E-state index contributed by atoms with van der Waals surface area (Å²) in [5.41, 5.74) is 0.510. The molecule has 6 nitrogen and oxygen atoms in total. The number of rotatable bonds is 5. The van der Waals surface area contributed by atoms with Crippen LogP contribution in [0.3, 0.4) is 0 Å². The Balaban J connectivity index is 2.42. The number of pyridine rings is 1. The third kappa shape index (κ3) is 3.03. The molecule has 0 unspecified atom stereocenters. The van der Waals surface area contributed by atoms with Crippen molar-refractivity contribution in [3.63, 3.8) is 0 Å². The maximum atomic E-state index is 11.2. The normalized spacial score (nSPS) is 15.7. The average Bonchev–Trinajstić information content (AvgIpc) is 2.89. The monoisotopic (exact) mass is 329 g/mol. The molecule has 0 radical (unpaired) electrons. The van der Waals surface area contributed by atoms with Crippen LogP contribution < -0.4 is 4.90 Å². The van der Waals surface area contributed by atoms with Gasteiger partial charge in [-0.1, -0.05) is 12.8 Å². The fourth-order valence-electron chi connectivity index (χ4n) is 2.64. The summed E-state index contributed by atoms with van der Waals surface area (Å²) in [7, 11) is 0. The zero-order valence-electron chi connectivity index (χ0n) is 10.5. The van der Waals surface area contributed by atoms with E-state index < -0.39 is 4.92 Å². The molecule has 1 saturated carbocycles. The van der Waals surface area contributed by atoms with Crippen LogP contribution in [-0.2, 0) is 0 Å². The van der Waals surface area contributed by atoms with Crippen LogP contribution in [0.5, 0.6) is 0 Å². The molecule has 1 aliphatic rings. The number of anilines is 1. The lowest BCUT2D eigenvalue weighted by molar-refractivity contribution is -0.384. The highest BCUT2D eigenvalue weighted by Crippen LogP contribution is 2.38. The minimum absolute atomic E-state index is 0.0188. The maximum absolute atomic E-state index is 11.2. The van der Waals surface area contributed by atoms with Crippen LogP contribution in [0.15, 0.2) is 16.9 Å². The molecule has 0 saturated heterocycles. The fourth-order valence-corrected chi connectivity index (χ4v) is 3.19. The predicted octanol–water partition coefficient (Wildman–Crippen LogP) is 2.49. The van der Waals surface area contributed by atoms with Crippen molar-refractivity contribution < 1.29 is 10.0 Å². The van der Waals surface area contributed by atoms with Gasteiger partial charge in [-0.25, -0.2) is 0 Å². The third-order valence-corrected chi connectivity index (χ3v) is 4.02. The Morgan fingerprint density at radius 2 is 2.16 bits per heavy atom. The van der Waals surface area contributed by atoms with Crippen LogP contribution in [0.25, 0.3) is 0 Å². The highest BCUT2D eigenvalue weighted by atomic mass is 79.9. The van der Waals surface area contributed by atoms with Gasteiger partial charge in [-0.3, -0.25) is 15.1 Å². The van der Waals surface area contributed by atoms with Gasteiger partial charge in [0.2, 0.25) is 0 Å². The van der Waals surface area contributed by atoms with E-state index in [4.69, 9.17) is 0 Å². The van der Waals surface area contributed by atoms with Crippen molar-refractivity contribution in [2.24, 2.45) is 0 Å². The van der Waals surface area contributed by atoms with Crippen LogP contribution in [0.4, 0.5) is 11.4 Å². The highest BCUT2D eigenvalue weighted by molar-refractivity contribution is 9.10. The first kappa shape index (κ1) is 14.2. The summed E-state index contributed by atoms with van der Waals surface area (Å²) < 4.78 is 0.599. The second-order valence-electron chi connectivity index (χ2n) is 4.60. The van der Waals surface area contributed by atoms with Gasteiger partial charge in [0.25, 0.3) is 0 Å². The molecule has 0 amide bonds. The summed E-state index contributed by atoms with van der Waals surface area (Å²) in [5.74, 6) is 0. The number of nitro groups is 1. The summed E-state index contributed by atoms with van der Waals surface area (Å²) in [5, 5.41) is 20.4. The SMILES string of the molecule is O=[N+]([O-])c1cncc(Br)c1N(CCO)C1CCCC1. The number of aliphatic hydroxyl groups excluding tert-OH is 1. The molecule has 7 heteroatoms. The largest absolute Gasteiger partial charge is 0.395 e. The van der Waals surface area contributed by atoms with Gasteiger partial charge in [0.05, 0.1) is 16.0 Å². The van der Waals surface area contributed by atoms with Crippen LogP contribution >= 0.6 is 15.9 Å². The molecule has 0 bridgehead atoms. The van der Waals surface area contributed by atoms with Crippen molar-refractivity contribution in [3.8, 4) is 0 Å². The lowest BCUT2D eigenvalue weighted by atomic mass is 10.1. The first-order chi connectivity index (χ1) is 9.15. The van der Waals surface area contributed by atoms with E-state index in [9.17, 15) is 15.2 Å². The third-order valence-electron chi connectivity index (χ3n) is 3.44. The van der Waals surface area contributed by atoms with Gasteiger partial charge in [0.15, 0.2) is 0 Å². The van der Waals surface area contributed by atoms with Crippen molar-refractivity contribution in [1.82, 2.24) is 4.98 Å². The zero-order chi connectivity index (χ0) is 13.8. The van der Waals surface area contributed by atoms with E-state index in [-0.39, 0.29) is 18.3 Å². The Labute approximate surface area is 119 Å². The molecule has 1 fully saturated rings.